The molecule has 1 N–H and O–H groups in total. The largest absolute Gasteiger partial charge is 0.455 e. The van der Waals surface area contributed by atoms with E-state index in [-0.39, 0.29) is 0 Å². The molecule has 1 aromatic carbocycles. The Morgan fingerprint density at radius 3 is 2.67 bits per heavy atom. The number of nitrogens with one attached hydrogen (secondary N) is 1. The highest BCUT2D eigenvalue weighted by atomic mass is 35.5. The Balaban J connectivity index is 2.30. The molecule has 21 heavy (non-hydrogen) atoms. The van der Waals surface area contributed by atoms with Crippen LogP contribution in [-0.4, -0.2) is 12.0 Å². The van der Waals surface area contributed by atoms with Crippen LogP contribution in [0.2, 0.25) is 5.02 Å². The zero-order chi connectivity index (χ0) is 15.4. The van der Waals surface area contributed by atoms with Gasteiger partial charge in [-0.1, -0.05) is 25.4 Å². The monoisotopic (exact) mass is 304 g/mol. The lowest BCUT2D eigenvalue weighted by atomic mass is 10.0. The third kappa shape index (κ3) is 3.96. The number of ether oxygens (including phenoxy) is 1. The molecule has 112 valence electrons. The normalized spacial score (nSPS) is 11.0. The summed E-state index contributed by atoms with van der Waals surface area (Å²) >= 11 is 6.29. The van der Waals surface area contributed by atoms with Crippen molar-refractivity contribution >= 4 is 11.6 Å². The molecule has 0 saturated heterocycles. The van der Waals surface area contributed by atoms with Crippen LogP contribution in [0.5, 0.6) is 11.5 Å². The Morgan fingerprint density at radius 2 is 2.00 bits per heavy atom. The molecule has 2 aromatic rings. The molecular weight excluding hydrogens is 284 g/mol. The highest BCUT2D eigenvalue weighted by molar-refractivity contribution is 6.31. The SMILES string of the molecule is CNCc1cncc(Oc2cc(C(C)C)c(Cl)cc2C)c1. The van der Waals surface area contributed by atoms with Crippen LogP contribution in [0.1, 0.15) is 36.5 Å². The summed E-state index contributed by atoms with van der Waals surface area (Å²) in [6.07, 6.45) is 3.56. The van der Waals surface area contributed by atoms with E-state index in [9.17, 15) is 0 Å². The number of hydrogen-bond acceptors (Lipinski definition) is 3. The molecule has 3 nitrogen and oxygen atoms in total. The third-order valence-corrected chi connectivity index (χ3v) is 3.62. The second-order valence-electron chi connectivity index (χ2n) is 5.46. The molecule has 0 atom stereocenters. The summed E-state index contributed by atoms with van der Waals surface area (Å²) in [6, 6.07) is 5.97. The van der Waals surface area contributed by atoms with Crippen LogP contribution < -0.4 is 10.1 Å². The van der Waals surface area contributed by atoms with E-state index in [1.807, 2.05) is 38.4 Å². The molecular formula is C17H21ClN2O. The third-order valence-electron chi connectivity index (χ3n) is 3.29. The van der Waals surface area contributed by atoms with Crippen molar-refractivity contribution in [2.45, 2.75) is 33.2 Å². The molecule has 0 aliphatic carbocycles. The first-order valence-electron chi connectivity index (χ1n) is 7.07. The van der Waals surface area contributed by atoms with Gasteiger partial charge in [-0.05, 0) is 54.8 Å². The second-order valence-corrected chi connectivity index (χ2v) is 5.86. The average molecular weight is 305 g/mol. The number of hydrogen-bond donors (Lipinski definition) is 1. The highest BCUT2D eigenvalue weighted by Crippen LogP contribution is 2.33. The molecule has 0 aliphatic heterocycles. The molecule has 0 radical (unpaired) electrons. The van der Waals surface area contributed by atoms with Crippen LogP contribution in [0.3, 0.4) is 0 Å². The van der Waals surface area contributed by atoms with Crippen molar-refractivity contribution in [3.05, 3.63) is 52.3 Å². The fourth-order valence-corrected chi connectivity index (χ4v) is 2.60. The van der Waals surface area contributed by atoms with Crippen molar-refractivity contribution < 1.29 is 4.74 Å². The molecule has 1 aromatic heterocycles. The van der Waals surface area contributed by atoms with Gasteiger partial charge in [-0.25, -0.2) is 0 Å². The van der Waals surface area contributed by atoms with Crippen molar-refractivity contribution in [1.82, 2.24) is 10.3 Å². The van der Waals surface area contributed by atoms with Gasteiger partial charge >= 0.3 is 0 Å². The fraction of sp³-hybridized carbons (Fsp3) is 0.353. The Hall–Kier alpha value is -1.58. The van der Waals surface area contributed by atoms with E-state index in [1.54, 1.807) is 6.20 Å². The van der Waals surface area contributed by atoms with Gasteiger partial charge in [-0.2, -0.15) is 0 Å². The quantitative estimate of drug-likeness (QED) is 0.871. The topological polar surface area (TPSA) is 34.2 Å². The van der Waals surface area contributed by atoms with E-state index in [0.29, 0.717) is 5.92 Å². The van der Waals surface area contributed by atoms with E-state index in [0.717, 1.165) is 39.8 Å². The summed E-state index contributed by atoms with van der Waals surface area (Å²) in [5.41, 5.74) is 3.20. The number of aromatic nitrogens is 1. The first kappa shape index (κ1) is 15.8. The summed E-state index contributed by atoms with van der Waals surface area (Å²) in [6.45, 7) is 7.00. The number of halogens is 1. The fourth-order valence-electron chi connectivity index (χ4n) is 2.17. The van der Waals surface area contributed by atoms with Crippen molar-refractivity contribution in [3.63, 3.8) is 0 Å². The minimum atomic E-state index is 0.356. The molecule has 0 amide bonds. The van der Waals surface area contributed by atoms with Crippen molar-refractivity contribution in [2.75, 3.05) is 7.05 Å². The molecule has 0 bridgehead atoms. The zero-order valence-corrected chi connectivity index (χ0v) is 13.7. The number of nitrogens with zero attached hydrogens (tertiary/aromatic N) is 1. The minimum Gasteiger partial charge on any atom is -0.455 e. The maximum Gasteiger partial charge on any atom is 0.146 e. The molecule has 2 rings (SSSR count). The van der Waals surface area contributed by atoms with Gasteiger partial charge in [0.2, 0.25) is 0 Å². The van der Waals surface area contributed by atoms with Crippen molar-refractivity contribution in [1.29, 1.82) is 0 Å². The van der Waals surface area contributed by atoms with Crippen molar-refractivity contribution in [3.8, 4) is 11.5 Å². The molecule has 0 saturated carbocycles. The Kier molecular flexibility index (Phi) is 5.21. The number of aryl methyl sites for hydroxylation is 1. The van der Waals surface area contributed by atoms with Crippen LogP contribution in [0.25, 0.3) is 0 Å². The molecule has 0 aliphatic rings. The van der Waals surface area contributed by atoms with Gasteiger partial charge in [0.05, 0.1) is 6.20 Å². The summed E-state index contributed by atoms with van der Waals surface area (Å²) in [5, 5.41) is 3.89. The van der Waals surface area contributed by atoms with E-state index >= 15 is 0 Å². The Bertz CT molecular complexity index is 626. The van der Waals surface area contributed by atoms with Gasteiger partial charge in [0, 0.05) is 17.8 Å². The van der Waals surface area contributed by atoms with Crippen LogP contribution in [0, 0.1) is 6.92 Å². The smallest absolute Gasteiger partial charge is 0.146 e. The average Bonchev–Trinajstić information content (AvgIpc) is 2.42. The van der Waals surface area contributed by atoms with Gasteiger partial charge < -0.3 is 10.1 Å². The van der Waals surface area contributed by atoms with Crippen molar-refractivity contribution in [2.24, 2.45) is 0 Å². The van der Waals surface area contributed by atoms with Gasteiger partial charge in [-0.3, -0.25) is 4.98 Å². The standard InChI is InChI=1S/C17H21ClN2O/c1-11(2)15-7-17(12(3)5-16(15)18)21-14-6-13(8-19-4)9-20-10-14/h5-7,9-11,19H,8H2,1-4H3. The molecule has 0 fully saturated rings. The summed E-state index contributed by atoms with van der Waals surface area (Å²) in [7, 11) is 1.91. The van der Waals surface area contributed by atoms with Gasteiger partial charge in [0.25, 0.3) is 0 Å². The first-order chi connectivity index (χ1) is 10.0. The number of benzene rings is 1. The van der Waals surface area contributed by atoms with E-state index in [1.165, 1.54) is 0 Å². The molecule has 4 heteroatoms. The van der Waals surface area contributed by atoms with Crippen LogP contribution in [0.4, 0.5) is 0 Å². The summed E-state index contributed by atoms with van der Waals surface area (Å²) in [5.74, 6) is 1.92. The van der Waals surface area contributed by atoms with Gasteiger partial charge in [-0.15, -0.1) is 0 Å². The lowest BCUT2D eigenvalue weighted by Crippen LogP contribution is -2.05. The van der Waals surface area contributed by atoms with Gasteiger partial charge in [0.1, 0.15) is 11.5 Å². The second kappa shape index (κ2) is 6.92. The zero-order valence-electron chi connectivity index (χ0n) is 12.9. The lowest BCUT2D eigenvalue weighted by molar-refractivity contribution is 0.474. The molecule has 0 spiro atoms. The summed E-state index contributed by atoms with van der Waals surface area (Å²) < 4.78 is 5.99. The lowest BCUT2D eigenvalue weighted by Gasteiger charge is -2.14. The number of rotatable bonds is 5. The highest BCUT2D eigenvalue weighted by Gasteiger charge is 2.11. The van der Waals surface area contributed by atoms with Crippen LogP contribution in [0.15, 0.2) is 30.6 Å². The van der Waals surface area contributed by atoms with E-state index < -0.39 is 0 Å². The van der Waals surface area contributed by atoms with E-state index in [4.69, 9.17) is 16.3 Å². The predicted molar refractivity (Wildman–Crippen MR) is 87.4 cm³/mol. The Morgan fingerprint density at radius 1 is 1.24 bits per heavy atom. The summed E-state index contributed by atoms with van der Waals surface area (Å²) in [4.78, 5) is 4.21. The molecule has 1 heterocycles. The maximum atomic E-state index is 6.29. The minimum absolute atomic E-state index is 0.356. The van der Waals surface area contributed by atoms with Crippen LogP contribution in [-0.2, 0) is 6.54 Å². The van der Waals surface area contributed by atoms with E-state index in [2.05, 4.69) is 24.1 Å². The van der Waals surface area contributed by atoms with Crippen LogP contribution >= 0.6 is 11.6 Å². The maximum absolute atomic E-state index is 6.29. The number of pyridine rings is 1. The Labute approximate surface area is 131 Å². The first-order valence-corrected chi connectivity index (χ1v) is 7.45. The molecule has 0 unspecified atom stereocenters. The van der Waals surface area contributed by atoms with Gasteiger partial charge in [0.15, 0.2) is 0 Å². The predicted octanol–water partition coefficient (Wildman–Crippen LogP) is 4.68.